The number of aliphatic carboxylic acids is 2. The van der Waals surface area contributed by atoms with Gasteiger partial charge in [0.25, 0.3) is 0 Å². The van der Waals surface area contributed by atoms with Crippen molar-refractivity contribution in [1.29, 1.82) is 0 Å². The molecule has 7 nitrogen and oxygen atoms in total. The lowest BCUT2D eigenvalue weighted by Crippen LogP contribution is -2.22. The number of aryl methyl sites for hydroxylation is 1. The van der Waals surface area contributed by atoms with Gasteiger partial charge in [-0.1, -0.05) is 0 Å². The molecule has 0 bridgehead atoms. The van der Waals surface area contributed by atoms with Gasteiger partial charge < -0.3 is 15.9 Å². The van der Waals surface area contributed by atoms with E-state index in [1.54, 1.807) is 0 Å². The maximum atomic E-state index is 9.55. The zero-order valence-corrected chi connectivity index (χ0v) is 14.7. The Morgan fingerprint density at radius 3 is 2.52 bits per heavy atom. The molecule has 4 N–H and O–H groups in total. The molecule has 0 amide bonds. The summed E-state index contributed by atoms with van der Waals surface area (Å²) >= 11 is 1.83. The lowest BCUT2D eigenvalue weighted by molar-refractivity contribution is -0.134. The van der Waals surface area contributed by atoms with Crippen LogP contribution in [-0.4, -0.2) is 38.0 Å². The van der Waals surface area contributed by atoms with Crippen molar-refractivity contribution in [2.45, 2.75) is 26.4 Å². The second-order valence-corrected chi connectivity index (χ2v) is 6.87. The van der Waals surface area contributed by atoms with Gasteiger partial charge in [-0.25, -0.2) is 9.59 Å². The molecule has 8 heteroatoms. The lowest BCUT2D eigenvalue weighted by Gasteiger charge is -2.07. The Bertz CT molecular complexity index is 924. The summed E-state index contributed by atoms with van der Waals surface area (Å²) in [5.41, 5.74) is 7.08. The molecule has 1 atom stereocenters. The van der Waals surface area contributed by atoms with Crippen molar-refractivity contribution in [3.8, 4) is 0 Å². The van der Waals surface area contributed by atoms with Crippen molar-refractivity contribution in [2.24, 2.45) is 5.73 Å². The highest BCUT2D eigenvalue weighted by Gasteiger charge is 2.10. The van der Waals surface area contributed by atoms with E-state index in [4.69, 9.17) is 15.9 Å². The highest BCUT2D eigenvalue weighted by atomic mass is 32.1. The second kappa shape index (κ2) is 7.91. The molecule has 25 heavy (non-hydrogen) atoms. The van der Waals surface area contributed by atoms with Crippen molar-refractivity contribution in [2.75, 3.05) is 0 Å². The fraction of sp³-hybridized carbons (Fsp3) is 0.235. The molecule has 0 radical (unpaired) electrons. The van der Waals surface area contributed by atoms with Crippen molar-refractivity contribution >= 4 is 44.3 Å². The van der Waals surface area contributed by atoms with Gasteiger partial charge in [-0.2, -0.15) is 5.10 Å². The van der Waals surface area contributed by atoms with Crippen molar-refractivity contribution < 1.29 is 19.8 Å². The standard InChI is InChI=1S/C13H15N3S.C4H4O4/c1-8(14)7-16-13-10(6-15-16)3-4-12-11(13)5-9(2)17-12;5-3(6)1-2-4(7)8/h3-6,8H,7,14H2,1-2H3;1-2H,(H,5,6)(H,7,8)/t8-;/m0./s1. The van der Waals surface area contributed by atoms with E-state index in [-0.39, 0.29) is 6.04 Å². The first-order valence-electron chi connectivity index (χ1n) is 7.52. The molecule has 0 saturated carbocycles. The van der Waals surface area contributed by atoms with Crippen molar-refractivity contribution in [1.82, 2.24) is 9.78 Å². The number of hydrogen-bond donors (Lipinski definition) is 3. The van der Waals surface area contributed by atoms with Gasteiger partial charge >= 0.3 is 11.9 Å². The first-order valence-corrected chi connectivity index (χ1v) is 8.33. The molecule has 3 aromatic rings. The number of fused-ring (bicyclic) bond motifs is 3. The van der Waals surface area contributed by atoms with Crippen LogP contribution in [0.3, 0.4) is 0 Å². The number of carboxylic acid groups (broad SMARTS) is 2. The van der Waals surface area contributed by atoms with E-state index in [9.17, 15) is 9.59 Å². The van der Waals surface area contributed by atoms with E-state index in [1.165, 1.54) is 25.9 Å². The molecule has 0 saturated heterocycles. The molecular weight excluding hydrogens is 342 g/mol. The summed E-state index contributed by atoms with van der Waals surface area (Å²) in [4.78, 5) is 20.4. The van der Waals surface area contributed by atoms with Crippen LogP contribution in [0.2, 0.25) is 0 Å². The van der Waals surface area contributed by atoms with Crippen LogP contribution in [0, 0.1) is 6.92 Å². The van der Waals surface area contributed by atoms with Crippen LogP contribution in [-0.2, 0) is 16.1 Å². The van der Waals surface area contributed by atoms with E-state index < -0.39 is 11.9 Å². The molecule has 3 rings (SSSR count). The van der Waals surface area contributed by atoms with E-state index in [2.05, 4.69) is 30.2 Å². The number of rotatable bonds is 4. The Kier molecular flexibility index (Phi) is 5.89. The quantitative estimate of drug-likeness (QED) is 0.615. The van der Waals surface area contributed by atoms with Crippen LogP contribution in [0.25, 0.3) is 21.0 Å². The Morgan fingerprint density at radius 1 is 1.32 bits per heavy atom. The zero-order valence-electron chi connectivity index (χ0n) is 13.8. The smallest absolute Gasteiger partial charge is 0.328 e. The maximum absolute atomic E-state index is 9.55. The summed E-state index contributed by atoms with van der Waals surface area (Å²) in [5, 5.41) is 22.5. The Labute approximate surface area is 148 Å². The average molecular weight is 361 g/mol. The number of nitrogens with two attached hydrogens (primary N) is 1. The number of aromatic nitrogens is 2. The number of nitrogens with zero attached hydrogens (tertiary/aromatic N) is 2. The van der Waals surface area contributed by atoms with Gasteiger partial charge in [-0.15, -0.1) is 11.3 Å². The SMILES string of the molecule is Cc1cc2c(ccc3cnn(C[C@H](C)N)c32)s1.O=C(O)C=CC(=O)O. The van der Waals surface area contributed by atoms with Crippen LogP contribution in [0.1, 0.15) is 11.8 Å². The van der Waals surface area contributed by atoms with E-state index in [0.29, 0.717) is 12.2 Å². The van der Waals surface area contributed by atoms with Gasteiger partial charge in [0.2, 0.25) is 0 Å². The number of carbonyl (C=O) groups is 2. The maximum Gasteiger partial charge on any atom is 0.328 e. The fourth-order valence-corrected chi connectivity index (χ4v) is 3.30. The summed E-state index contributed by atoms with van der Waals surface area (Å²) in [6.07, 6.45) is 3.04. The van der Waals surface area contributed by atoms with Gasteiger partial charge in [0, 0.05) is 38.5 Å². The normalized spacial score (nSPS) is 12.3. The molecule has 0 aliphatic carbocycles. The predicted octanol–water partition coefficient (Wildman–Crippen LogP) is 2.62. The molecule has 0 aliphatic rings. The first-order chi connectivity index (χ1) is 11.8. The molecule has 0 aliphatic heterocycles. The highest BCUT2D eigenvalue weighted by Crippen LogP contribution is 2.31. The Morgan fingerprint density at radius 2 is 1.96 bits per heavy atom. The van der Waals surface area contributed by atoms with Crippen LogP contribution in [0.15, 0.2) is 36.5 Å². The predicted molar refractivity (Wildman–Crippen MR) is 97.9 cm³/mol. The van der Waals surface area contributed by atoms with E-state index in [0.717, 1.165) is 6.54 Å². The largest absolute Gasteiger partial charge is 0.478 e. The molecule has 2 aromatic heterocycles. The minimum Gasteiger partial charge on any atom is -0.478 e. The van der Waals surface area contributed by atoms with E-state index >= 15 is 0 Å². The molecule has 132 valence electrons. The Balaban J connectivity index is 0.000000242. The van der Waals surface area contributed by atoms with Gasteiger partial charge in [-0.3, -0.25) is 4.68 Å². The van der Waals surface area contributed by atoms with Gasteiger partial charge in [0.05, 0.1) is 18.3 Å². The third-order valence-electron chi connectivity index (χ3n) is 3.25. The highest BCUT2D eigenvalue weighted by molar-refractivity contribution is 7.19. The van der Waals surface area contributed by atoms with Crippen LogP contribution in [0.4, 0.5) is 0 Å². The fourth-order valence-electron chi connectivity index (χ4n) is 2.38. The minimum atomic E-state index is -1.26. The van der Waals surface area contributed by atoms with Crippen molar-refractivity contribution in [3.63, 3.8) is 0 Å². The van der Waals surface area contributed by atoms with E-state index in [1.807, 2.05) is 29.1 Å². The van der Waals surface area contributed by atoms with Gasteiger partial charge in [0.1, 0.15) is 0 Å². The number of thiophene rings is 1. The molecule has 2 heterocycles. The summed E-state index contributed by atoms with van der Waals surface area (Å²) in [6.45, 7) is 4.91. The summed E-state index contributed by atoms with van der Waals surface area (Å²) in [6, 6.07) is 6.67. The topological polar surface area (TPSA) is 118 Å². The minimum absolute atomic E-state index is 0.119. The van der Waals surface area contributed by atoms with Crippen LogP contribution < -0.4 is 5.73 Å². The average Bonchev–Trinajstić information content (AvgIpc) is 3.07. The molecule has 0 spiro atoms. The summed E-state index contributed by atoms with van der Waals surface area (Å²) < 4.78 is 3.34. The van der Waals surface area contributed by atoms with Crippen LogP contribution in [0.5, 0.6) is 0 Å². The number of carboxylic acids is 2. The molecule has 0 unspecified atom stereocenters. The summed E-state index contributed by atoms with van der Waals surface area (Å²) in [5.74, 6) is -2.51. The van der Waals surface area contributed by atoms with Gasteiger partial charge in [-0.05, 0) is 32.0 Å². The number of benzene rings is 1. The monoisotopic (exact) mass is 361 g/mol. The second-order valence-electron chi connectivity index (χ2n) is 5.59. The number of hydrogen-bond acceptors (Lipinski definition) is 5. The third kappa shape index (κ3) is 4.88. The van der Waals surface area contributed by atoms with Gasteiger partial charge in [0.15, 0.2) is 0 Å². The molecule has 0 fully saturated rings. The van der Waals surface area contributed by atoms with Crippen LogP contribution >= 0.6 is 11.3 Å². The molecule has 1 aromatic carbocycles. The molecular formula is C17H19N3O4S. The Hall–Kier alpha value is -2.71. The summed E-state index contributed by atoms with van der Waals surface area (Å²) in [7, 11) is 0. The van der Waals surface area contributed by atoms with Crippen molar-refractivity contribution in [3.05, 3.63) is 41.4 Å². The lowest BCUT2D eigenvalue weighted by atomic mass is 10.2. The first kappa shape index (κ1) is 18.6. The third-order valence-corrected chi connectivity index (χ3v) is 4.27. The zero-order chi connectivity index (χ0) is 18.6.